The molecule has 0 saturated heterocycles. The minimum Gasteiger partial charge on any atom is -0.497 e. The number of methoxy groups -OCH3 is 1. The Labute approximate surface area is 164 Å². The number of aromatic nitrogens is 4. The molecule has 0 bridgehead atoms. The fourth-order valence-corrected chi connectivity index (χ4v) is 2.94. The van der Waals surface area contributed by atoms with Crippen LogP contribution >= 0.6 is 11.6 Å². The maximum atomic E-state index is 12.7. The van der Waals surface area contributed by atoms with Crippen LogP contribution in [0.3, 0.4) is 0 Å². The molecule has 4 aromatic rings. The van der Waals surface area contributed by atoms with E-state index in [0.29, 0.717) is 27.7 Å². The first-order valence-electron chi connectivity index (χ1n) is 8.45. The van der Waals surface area contributed by atoms with E-state index >= 15 is 0 Å². The van der Waals surface area contributed by atoms with Crippen molar-refractivity contribution in [2.45, 2.75) is 6.54 Å². The number of carbonyl (C=O) groups is 1. The van der Waals surface area contributed by atoms with Crippen LogP contribution in [-0.2, 0) is 6.54 Å². The van der Waals surface area contributed by atoms with Crippen molar-refractivity contribution in [2.75, 3.05) is 7.11 Å². The van der Waals surface area contributed by atoms with Gasteiger partial charge in [0, 0.05) is 16.1 Å². The van der Waals surface area contributed by atoms with Gasteiger partial charge in [-0.15, -0.1) is 5.10 Å². The predicted octanol–water partition coefficient (Wildman–Crippen LogP) is 3.10. The summed E-state index contributed by atoms with van der Waals surface area (Å²) < 4.78 is 7.42. The largest absolute Gasteiger partial charge is 0.497 e. The predicted molar refractivity (Wildman–Crippen MR) is 105 cm³/mol. The van der Waals surface area contributed by atoms with Gasteiger partial charge in [0.25, 0.3) is 0 Å². The van der Waals surface area contributed by atoms with Crippen LogP contribution in [0.1, 0.15) is 10.4 Å². The zero-order chi connectivity index (χ0) is 19.7. The molecule has 0 aliphatic carbocycles. The second-order valence-electron chi connectivity index (χ2n) is 6.09. The van der Waals surface area contributed by atoms with Crippen molar-refractivity contribution < 1.29 is 9.53 Å². The number of hydrogen-bond acceptors (Lipinski definition) is 5. The van der Waals surface area contributed by atoms with Crippen LogP contribution in [0, 0.1) is 0 Å². The highest BCUT2D eigenvalue weighted by molar-refractivity contribution is 6.30. The lowest BCUT2D eigenvalue weighted by Crippen LogP contribution is -2.26. The second kappa shape index (κ2) is 7.28. The molecule has 0 atom stereocenters. The van der Waals surface area contributed by atoms with Crippen LogP contribution in [0.2, 0.25) is 5.02 Å². The summed E-state index contributed by atoms with van der Waals surface area (Å²) in [5, 5.41) is 9.17. The van der Waals surface area contributed by atoms with Crippen LogP contribution in [0.4, 0.5) is 0 Å². The third-order valence-corrected chi connectivity index (χ3v) is 4.52. The van der Waals surface area contributed by atoms with Gasteiger partial charge in [-0.1, -0.05) is 35.9 Å². The van der Waals surface area contributed by atoms with E-state index in [0.717, 1.165) is 10.2 Å². The normalized spacial score (nSPS) is 10.9. The minimum absolute atomic E-state index is 0.189. The van der Waals surface area contributed by atoms with Gasteiger partial charge in [-0.3, -0.25) is 4.79 Å². The molecule has 0 fully saturated rings. The molecule has 2 aromatic carbocycles. The number of carbonyl (C=O) groups excluding carboxylic acids is 1. The molecule has 4 rings (SSSR count). The molecule has 0 amide bonds. The number of halogens is 1. The number of ketones is 1. The fraction of sp³-hybridized carbons (Fsp3) is 0.100. The highest BCUT2D eigenvalue weighted by Gasteiger charge is 2.14. The first-order chi connectivity index (χ1) is 13.5. The smallest absolute Gasteiger partial charge is 0.367 e. The summed E-state index contributed by atoms with van der Waals surface area (Å²) in [4.78, 5) is 25.2. The summed E-state index contributed by atoms with van der Waals surface area (Å²) in [5.74, 6) is 0.324. The molecular weight excluding hydrogens is 380 g/mol. The highest BCUT2D eigenvalue weighted by Crippen LogP contribution is 2.19. The van der Waals surface area contributed by atoms with Crippen molar-refractivity contribution in [2.24, 2.45) is 0 Å². The average Bonchev–Trinajstić information content (AvgIpc) is 3.03. The molecule has 140 valence electrons. The Balaban J connectivity index is 1.67. The van der Waals surface area contributed by atoms with Crippen molar-refractivity contribution >= 4 is 23.0 Å². The Hall–Kier alpha value is -3.45. The number of hydrogen-bond donors (Lipinski definition) is 0. The van der Waals surface area contributed by atoms with Gasteiger partial charge in [-0.2, -0.15) is 9.61 Å². The lowest BCUT2D eigenvalue weighted by atomic mass is 10.1. The van der Waals surface area contributed by atoms with Crippen molar-refractivity contribution in [3.05, 3.63) is 81.7 Å². The molecule has 2 heterocycles. The van der Waals surface area contributed by atoms with Crippen LogP contribution in [0.5, 0.6) is 5.75 Å². The fourth-order valence-electron chi connectivity index (χ4n) is 2.81. The maximum Gasteiger partial charge on any atom is 0.367 e. The third kappa shape index (κ3) is 3.39. The Bertz CT molecular complexity index is 1230. The highest BCUT2D eigenvalue weighted by atomic mass is 35.5. The van der Waals surface area contributed by atoms with Crippen molar-refractivity contribution in [1.82, 2.24) is 19.4 Å². The first kappa shape index (κ1) is 17.9. The van der Waals surface area contributed by atoms with Crippen LogP contribution in [0.15, 0.2) is 65.5 Å². The van der Waals surface area contributed by atoms with E-state index < -0.39 is 5.69 Å². The summed E-state index contributed by atoms with van der Waals surface area (Å²) in [5.41, 5.74) is 1.74. The SMILES string of the molecule is COc1cccc(C(=O)Cn2nc3ccc(-c4ccc(Cl)cc4)nn3c2=O)c1. The summed E-state index contributed by atoms with van der Waals surface area (Å²) in [6.07, 6.45) is 0. The molecule has 0 spiro atoms. The van der Waals surface area contributed by atoms with Gasteiger partial charge in [-0.05, 0) is 36.4 Å². The van der Waals surface area contributed by atoms with Gasteiger partial charge in [0.15, 0.2) is 11.4 Å². The standard InChI is InChI=1S/C20H15ClN4O3/c1-28-16-4-2-3-14(11-16)18(26)12-24-20(27)25-19(23-24)10-9-17(22-25)13-5-7-15(21)8-6-13/h2-11H,12H2,1H3. The van der Waals surface area contributed by atoms with Crippen LogP contribution in [0.25, 0.3) is 16.9 Å². The number of rotatable bonds is 5. The molecule has 7 nitrogen and oxygen atoms in total. The van der Waals surface area contributed by atoms with E-state index in [1.54, 1.807) is 48.5 Å². The monoisotopic (exact) mass is 394 g/mol. The van der Waals surface area contributed by atoms with Gasteiger partial charge in [0.1, 0.15) is 12.3 Å². The zero-order valence-electron chi connectivity index (χ0n) is 14.9. The molecule has 0 N–H and O–H groups in total. The van der Waals surface area contributed by atoms with Gasteiger partial charge < -0.3 is 4.74 Å². The first-order valence-corrected chi connectivity index (χ1v) is 8.83. The molecule has 8 heteroatoms. The van der Waals surface area contributed by atoms with Crippen molar-refractivity contribution in [3.63, 3.8) is 0 Å². The van der Waals surface area contributed by atoms with E-state index in [4.69, 9.17) is 16.3 Å². The maximum absolute atomic E-state index is 12.7. The molecule has 0 radical (unpaired) electrons. The summed E-state index contributed by atoms with van der Waals surface area (Å²) in [7, 11) is 1.53. The summed E-state index contributed by atoms with van der Waals surface area (Å²) in [6, 6.07) is 17.3. The second-order valence-corrected chi connectivity index (χ2v) is 6.53. The number of Topliss-reactive ketones (excluding diaryl/α,β-unsaturated/α-hetero) is 1. The number of fused-ring (bicyclic) bond motifs is 1. The number of benzene rings is 2. The number of nitrogens with zero attached hydrogens (tertiary/aromatic N) is 4. The molecule has 0 aliphatic rings. The van der Waals surface area contributed by atoms with Crippen molar-refractivity contribution in [3.8, 4) is 17.0 Å². The Kier molecular flexibility index (Phi) is 4.67. The van der Waals surface area contributed by atoms with Gasteiger partial charge in [0.2, 0.25) is 0 Å². The van der Waals surface area contributed by atoms with E-state index in [2.05, 4.69) is 10.2 Å². The third-order valence-electron chi connectivity index (χ3n) is 4.27. The van der Waals surface area contributed by atoms with E-state index in [1.165, 1.54) is 11.6 Å². The molecule has 0 unspecified atom stereocenters. The Morgan fingerprint density at radius 3 is 2.61 bits per heavy atom. The molecule has 0 saturated carbocycles. The van der Waals surface area contributed by atoms with E-state index in [1.807, 2.05) is 12.1 Å². The lowest BCUT2D eigenvalue weighted by Gasteiger charge is -2.03. The van der Waals surface area contributed by atoms with E-state index in [9.17, 15) is 9.59 Å². The van der Waals surface area contributed by atoms with Crippen molar-refractivity contribution in [1.29, 1.82) is 0 Å². The van der Waals surface area contributed by atoms with Crippen LogP contribution in [-0.4, -0.2) is 32.3 Å². The van der Waals surface area contributed by atoms with Gasteiger partial charge >= 0.3 is 5.69 Å². The lowest BCUT2D eigenvalue weighted by molar-refractivity contribution is 0.0966. The Morgan fingerprint density at radius 1 is 1.07 bits per heavy atom. The molecule has 2 aromatic heterocycles. The quantitative estimate of drug-likeness (QED) is 0.486. The topological polar surface area (TPSA) is 78.5 Å². The van der Waals surface area contributed by atoms with Crippen LogP contribution < -0.4 is 10.4 Å². The molecular formula is C20H15ClN4O3. The molecule has 28 heavy (non-hydrogen) atoms. The van der Waals surface area contributed by atoms with Gasteiger partial charge in [-0.25, -0.2) is 9.48 Å². The summed E-state index contributed by atoms with van der Waals surface area (Å²) >= 11 is 5.91. The Morgan fingerprint density at radius 2 is 1.86 bits per heavy atom. The molecule has 0 aliphatic heterocycles. The number of ether oxygens (including phenoxy) is 1. The van der Waals surface area contributed by atoms with Gasteiger partial charge in [0.05, 0.1) is 12.8 Å². The van der Waals surface area contributed by atoms with E-state index in [-0.39, 0.29) is 12.3 Å². The summed E-state index contributed by atoms with van der Waals surface area (Å²) in [6.45, 7) is -0.189. The average molecular weight is 395 g/mol. The zero-order valence-corrected chi connectivity index (χ0v) is 15.6. The minimum atomic E-state index is -0.484.